The number of carbonyl (C=O) groups excluding carboxylic acids is 2. The van der Waals surface area contributed by atoms with Crippen molar-refractivity contribution in [2.24, 2.45) is 0 Å². The maximum absolute atomic E-state index is 12.7. The van der Waals surface area contributed by atoms with E-state index in [1.54, 1.807) is 24.3 Å². The van der Waals surface area contributed by atoms with Crippen LogP contribution in [0.4, 0.5) is 5.69 Å². The van der Waals surface area contributed by atoms with Gasteiger partial charge in [0.15, 0.2) is 0 Å². The third-order valence-corrected chi connectivity index (χ3v) is 4.82. The lowest BCUT2D eigenvalue weighted by atomic mass is 10.1. The Morgan fingerprint density at radius 1 is 1.21 bits per heavy atom. The standard InChI is InChI=1S/C19H18Cl2N4O3/c1-10(2)17-13-6-11(8-22-18(13)28-24-17)19(27)25(3)9-16(26)23-12-4-5-14(20)15(21)7-12/h4-8,10H,9H2,1-3H3,(H,23,26). The second-order valence-corrected chi connectivity index (χ2v) is 7.45. The summed E-state index contributed by atoms with van der Waals surface area (Å²) in [6, 6.07) is 6.44. The van der Waals surface area contributed by atoms with Crippen LogP contribution in [0.5, 0.6) is 0 Å². The van der Waals surface area contributed by atoms with Crippen molar-refractivity contribution in [2.75, 3.05) is 18.9 Å². The first-order chi connectivity index (χ1) is 13.3. The number of amides is 2. The van der Waals surface area contributed by atoms with Gasteiger partial charge in [-0.15, -0.1) is 0 Å². The fourth-order valence-corrected chi connectivity index (χ4v) is 2.96. The van der Waals surface area contributed by atoms with E-state index >= 15 is 0 Å². The molecule has 0 saturated heterocycles. The number of anilines is 1. The summed E-state index contributed by atoms with van der Waals surface area (Å²) in [4.78, 5) is 30.4. The minimum absolute atomic E-state index is 0.128. The van der Waals surface area contributed by atoms with Gasteiger partial charge in [0.1, 0.15) is 0 Å². The Labute approximate surface area is 171 Å². The molecule has 0 bridgehead atoms. The zero-order chi connectivity index (χ0) is 20.4. The molecule has 0 aliphatic rings. The molecule has 7 nitrogen and oxygen atoms in total. The summed E-state index contributed by atoms with van der Waals surface area (Å²) in [5.41, 5.74) is 1.95. The van der Waals surface area contributed by atoms with Gasteiger partial charge < -0.3 is 14.7 Å². The van der Waals surface area contributed by atoms with Gasteiger partial charge in [-0.25, -0.2) is 4.98 Å². The summed E-state index contributed by atoms with van der Waals surface area (Å²) in [7, 11) is 1.54. The van der Waals surface area contributed by atoms with Gasteiger partial charge in [0, 0.05) is 18.9 Å². The third kappa shape index (κ3) is 4.26. The first-order valence-corrected chi connectivity index (χ1v) is 9.27. The van der Waals surface area contributed by atoms with Gasteiger partial charge in [0.05, 0.1) is 33.2 Å². The number of nitrogens with zero attached hydrogens (tertiary/aromatic N) is 3. The van der Waals surface area contributed by atoms with Gasteiger partial charge in [-0.2, -0.15) is 0 Å². The maximum Gasteiger partial charge on any atom is 0.257 e. The summed E-state index contributed by atoms with van der Waals surface area (Å²) < 4.78 is 5.18. The molecule has 0 unspecified atom stereocenters. The van der Waals surface area contributed by atoms with Crippen molar-refractivity contribution in [3.63, 3.8) is 0 Å². The third-order valence-electron chi connectivity index (χ3n) is 4.08. The minimum Gasteiger partial charge on any atom is -0.336 e. The van der Waals surface area contributed by atoms with E-state index in [1.807, 2.05) is 13.8 Å². The summed E-state index contributed by atoms with van der Waals surface area (Å²) in [6.45, 7) is 3.81. The monoisotopic (exact) mass is 420 g/mol. The Morgan fingerprint density at radius 3 is 2.64 bits per heavy atom. The highest BCUT2D eigenvalue weighted by Crippen LogP contribution is 2.26. The number of pyridine rings is 1. The zero-order valence-corrected chi connectivity index (χ0v) is 17.0. The Bertz CT molecular complexity index is 1050. The number of fused-ring (bicyclic) bond motifs is 1. The molecule has 0 spiro atoms. The highest BCUT2D eigenvalue weighted by atomic mass is 35.5. The van der Waals surface area contributed by atoms with E-state index in [-0.39, 0.29) is 24.3 Å². The van der Waals surface area contributed by atoms with Crippen molar-refractivity contribution in [3.8, 4) is 0 Å². The molecule has 2 aromatic heterocycles. The Morgan fingerprint density at radius 2 is 1.96 bits per heavy atom. The molecule has 3 aromatic rings. The molecule has 2 amide bonds. The van der Waals surface area contributed by atoms with Crippen LogP contribution in [-0.4, -0.2) is 40.4 Å². The van der Waals surface area contributed by atoms with Crippen LogP contribution in [0.3, 0.4) is 0 Å². The molecule has 0 aliphatic carbocycles. The fourth-order valence-electron chi connectivity index (χ4n) is 2.67. The van der Waals surface area contributed by atoms with Crippen LogP contribution in [0, 0.1) is 0 Å². The average Bonchev–Trinajstić information content (AvgIpc) is 3.07. The van der Waals surface area contributed by atoms with Crippen molar-refractivity contribution in [3.05, 3.63) is 51.8 Å². The van der Waals surface area contributed by atoms with Crippen molar-refractivity contribution >= 4 is 51.8 Å². The molecule has 9 heteroatoms. The smallest absolute Gasteiger partial charge is 0.257 e. The largest absolute Gasteiger partial charge is 0.336 e. The van der Waals surface area contributed by atoms with E-state index < -0.39 is 0 Å². The summed E-state index contributed by atoms with van der Waals surface area (Å²) in [6.07, 6.45) is 1.41. The van der Waals surface area contributed by atoms with Gasteiger partial charge in [-0.3, -0.25) is 9.59 Å². The number of hydrogen-bond donors (Lipinski definition) is 1. The number of halogens is 2. The van der Waals surface area contributed by atoms with Crippen LogP contribution >= 0.6 is 23.2 Å². The number of hydrogen-bond acceptors (Lipinski definition) is 5. The number of likely N-dealkylation sites (N-methyl/N-ethyl adjacent to an activating group) is 1. The van der Waals surface area contributed by atoms with E-state index in [0.29, 0.717) is 32.4 Å². The van der Waals surface area contributed by atoms with E-state index in [9.17, 15) is 9.59 Å². The van der Waals surface area contributed by atoms with E-state index in [4.69, 9.17) is 27.7 Å². The van der Waals surface area contributed by atoms with Gasteiger partial charge in [-0.1, -0.05) is 42.2 Å². The van der Waals surface area contributed by atoms with Crippen LogP contribution in [0.1, 0.15) is 35.8 Å². The quantitative estimate of drug-likeness (QED) is 0.661. The number of carbonyl (C=O) groups is 2. The molecule has 0 fully saturated rings. The SMILES string of the molecule is CC(C)c1noc2ncc(C(=O)N(C)CC(=O)Nc3ccc(Cl)c(Cl)c3)cc12. The summed E-state index contributed by atoms with van der Waals surface area (Å²) in [5, 5.41) is 8.10. The Balaban J connectivity index is 1.71. The van der Waals surface area contributed by atoms with Gasteiger partial charge in [0.25, 0.3) is 11.6 Å². The van der Waals surface area contributed by atoms with Gasteiger partial charge in [0.2, 0.25) is 5.91 Å². The molecule has 0 atom stereocenters. The Kier molecular flexibility index (Phi) is 5.86. The average molecular weight is 421 g/mol. The molecule has 0 saturated carbocycles. The number of nitrogens with one attached hydrogen (secondary N) is 1. The van der Waals surface area contributed by atoms with Crippen LogP contribution < -0.4 is 5.32 Å². The molecule has 146 valence electrons. The van der Waals surface area contributed by atoms with Crippen LogP contribution in [0.25, 0.3) is 11.1 Å². The van der Waals surface area contributed by atoms with E-state index in [2.05, 4.69) is 15.5 Å². The van der Waals surface area contributed by atoms with Crippen LogP contribution in [-0.2, 0) is 4.79 Å². The zero-order valence-electron chi connectivity index (χ0n) is 15.5. The first kappa shape index (κ1) is 20.1. The van der Waals surface area contributed by atoms with Crippen LogP contribution in [0.15, 0.2) is 35.0 Å². The van der Waals surface area contributed by atoms with Gasteiger partial charge in [-0.05, 0) is 30.2 Å². The predicted octanol–water partition coefficient (Wildman–Crippen LogP) is 4.36. The highest BCUT2D eigenvalue weighted by Gasteiger charge is 2.19. The first-order valence-electron chi connectivity index (χ1n) is 8.52. The number of aromatic nitrogens is 2. The van der Waals surface area contributed by atoms with Crippen molar-refractivity contribution in [1.82, 2.24) is 15.0 Å². The molecule has 0 radical (unpaired) electrons. The topological polar surface area (TPSA) is 88.3 Å². The fraction of sp³-hybridized carbons (Fsp3) is 0.263. The van der Waals surface area contributed by atoms with Gasteiger partial charge >= 0.3 is 0 Å². The maximum atomic E-state index is 12.7. The number of rotatable bonds is 5. The lowest BCUT2D eigenvalue weighted by molar-refractivity contribution is -0.116. The lowest BCUT2D eigenvalue weighted by Gasteiger charge is -2.17. The molecule has 1 N–H and O–H groups in total. The number of benzene rings is 1. The molecule has 28 heavy (non-hydrogen) atoms. The highest BCUT2D eigenvalue weighted by molar-refractivity contribution is 6.42. The lowest BCUT2D eigenvalue weighted by Crippen LogP contribution is -2.35. The molecule has 3 rings (SSSR count). The molecular formula is C19H18Cl2N4O3. The predicted molar refractivity (Wildman–Crippen MR) is 108 cm³/mol. The summed E-state index contributed by atoms with van der Waals surface area (Å²) >= 11 is 11.8. The normalized spacial score (nSPS) is 11.1. The molecule has 1 aromatic carbocycles. The van der Waals surface area contributed by atoms with E-state index in [1.165, 1.54) is 18.1 Å². The molecule has 2 heterocycles. The molecular weight excluding hydrogens is 403 g/mol. The van der Waals surface area contributed by atoms with Crippen molar-refractivity contribution in [1.29, 1.82) is 0 Å². The minimum atomic E-state index is -0.365. The second-order valence-electron chi connectivity index (χ2n) is 6.64. The Hall–Kier alpha value is -2.64. The molecule has 0 aliphatic heterocycles. The summed E-state index contributed by atoms with van der Waals surface area (Å²) in [5.74, 6) is -0.575. The van der Waals surface area contributed by atoms with Crippen molar-refractivity contribution in [2.45, 2.75) is 19.8 Å². The second kappa shape index (κ2) is 8.16. The van der Waals surface area contributed by atoms with Crippen LogP contribution in [0.2, 0.25) is 10.0 Å². The van der Waals surface area contributed by atoms with Crippen molar-refractivity contribution < 1.29 is 14.1 Å². The van der Waals surface area contributed by atoms with E-state index in [0.717, 1.165) is 5.69 Å².